The highest BCUT2D eigenvalue weighted by Gasteiger charge is 2.43. The Morgan fingerprint density at radius 1 is 1.12 bits per heavy atom. The van der Waals surface area contributed by atoms with Gasteiger partial charge in [0.2, 0.25) is 5.78 Å². The van der Waals surface area contributed by atoms with Crippen LogP contribution in [0.4, 0.5) is 0 Å². The van der Waals surface area contributed by atoms with Gasteiger partial charge in [-0.15, -0.1) is 0 Å². The van der Waals surface area contributed by atoms with Crippen LogP contribution in [-0.4, -0.2) is 50.4 Å². The molecule has 6 nitrogen and oxygen atoms in total. The molecule has 1 N–H and O–H groups in total. The van der Waals surface area contributed by atoms with Gasteiger partial charge in [0.1, 0.15) is 5.75 Å². The molecule has 0 bridgehead atoms. The number of rotatable bonds is 9. The van der Waals surface area contributed by atoms with Crippen LogP contribution < -0.4 is 14.7 Å². The van der Waals surface area contributed by atoms with Gasteiger partial charge in [0.25, 0.3) is 5.91 Å². The molecule has 6 heteroatoms. The number of hydrogen-bond donors (Lipinski definition) is 1. The van der Waals surface area contributed by atoms with E-state index in [0.29, 0.717) is 30.4 Å². The Morgan fingerprint density at radius 2 is 1.82 bits per heavy atom. The molecule has 0 aliphatic carbocycles. The molecule has 0 saturated carbocycles. The average molecular weight is 451 g/mol. The molecule has 1 aliphatic rings. The number of aryl methyl sites for hydroxylation is 1. The van der Waals surface area contributed by atoms with Gasteiger partial charge in [0, 0.05) is 18.5 Å². The largest absolute Gasteiger partial charge is 0.872 e. The third-order valence-corrected chi connectivity index (χ3v) is 5.75. The van der Waals surface area contributed by atoms with Crippen molar-refractivity contribution < 1.29 is 24.3 Å². The fourth-order valence-electron chi connectivity index (χ4n) is 4.07. The zero-order valence-electron chi connectivity index (χ0n) is 20.2. The van der Waals surface area contributed by atoms with Crippen LogP contribution in [0, 0.1) is 12.8 Å². The molecular weight excluding hydrogens is 416 g/mol. The number of hydrogen-bond acceptors (Lipinski definition) is 4. The number of nitrogens with zero attached hydrogens (tertiary/aromatic N) is 1. The predicted octanol–water partition coefficient (Wildman–Crippen LogP) is 1.79. The quantitative estimate of drug-likeness (QED) is 0.359. The van der Waals surface area contributed by atoms with Crippen LogP contribution in [0.15, 0.2) is 54.1 Å². The Bertz CT molecular complexity index is 1030. The summed E-state index contributed by atoms with van der Waals surface area (Å²) in [6.45, 7) is 7.83. The molecule has 0 aromatic heterocycles. The van der Waals surface area contributed by atoms with E-state index >= 15 is 0 Å². The van der Waals surface area contributed by atoms with Gasteiger partial charge in [0.05, 0.1) is 33.3 Å². The Hall–Kier alpha value is -3.12. The average Bonchev–Trinajstić information content (AvgIpc) is 3.02. The van der Waals surface area contributed by atoms with E-state index < -0.39 is 23.5 Å². The Morgan fingerprint density at radius 3 is 2.42 bits per heavy atom. The predicted molar refractivity (Wildman–Crippen MR) is 127 cm³/mol. The van der Waals surface area contributed by atoms with Gasteiger partial charge >= 0.3 is 0 Å². The third kappa shape index (κ3) is 5.63. The van der Waals surface area contributed by atoms with Crippen LogP contribution in [0.3, 0.4) is 0 Å². The third-order valence-electron chi connectivity index (χ3n) is 5.75. The summed E-state index contributed by atoms with van der Waals surface area (Å²) in [7, 11) is 4.09. The van der Waals surface area contributed by atoms with Crippen LogP contribution in [0.2, 0.25) is 0 Å². The number of likely N-dealkylation sites (tertiary alicyclic amines) is 1. The number of Topliss-reactive ketones (excluding diaryl/α,β-unsaturated/α-hetero) is 1. The maximum Gasteiger partial charge on any atom is 0.295 e. The van der Waals surface area contributed by atoms with Crippen molar-refractivity contribution in [2.24, 2.45) is 5.92 Å². The topological polar surface area (TPSA) is 74.1 Å². The van der Waals surface area contributed by atoms with E-state index in [1.54, 1.807) is 17.0 Å². The molecule has 1 heterocycles. The number of ketones is 1. The number of ether oxygens (including phenoxy) is 1. The van der Waals surface area contributed by atoms with Crippen molar-refractivity contribution in [1.29, 1.82) is 0 Å². The zero-order valence-corrected chi connectivity index (χ0v) is 20.2. The summed E-state index contributed by atoms with van der Waals surface area (Å²) >= 11 is 0. The highest BCUT2D eigenvalue weighted by molar-refractivity contribution is 6.46. The lowest BCUT2D eigenvalue weighted by Crippen LogP contribution is -3.05. The molecule has 3 rings (SSSR count). The Labute approximate surface area is 196 Å². The number of quaternary nitrogens is 1. The number of carbonyl (C=O) groups excluding carboxylic acids is 2. The van der Waals surface area contributed by atoms with Crippen molar-refractivity contribution in [3.63, 3.8) is 0 Å². The number of amides is 1. The van der Waals surface area contributed by atoms with E-state index in [0.717, 1.165) is 24.1 Å². The number of carbonyl (C=O) groups is 2. The first-order valence-electron chi connectivity index (χ1n) is 11.5. The van der Waals surface area contributed by atoms with E-state index in [1.165, 1.54) is 4.90 Å². The maximum atomic E-state index is 13.6. The molecule has 1 atom stereocenters. The second-order valence-electron chi connectivity index (χ2n) is 9.38. The molecule has 33 heavy (non-hydrogen) atoms. The summed E-state index contributed by atoms with van der Waals surface area (Å²) < 4.78 is 5.77. The summed E-state index contributed by atoms with van der Waals surface area (Å²) in [6, 6.07) is 13.9. The fourth-order valence-corrected chi connectivity index (χ4v) is 4.07. The van der Waals surface area contributed by atoms with Gasteiger partial charge in [-0.2, -0.15) is 0 Å². The molecule has 2 aromatic carbocycles. The number of nitrogens with one attached hydrogen (secondary N) is 1. The first-order chi connectivity index (χ1) is 15.7. The van der Waals surface area contributed by atoms with Gasteiger partial charge in [0.15, 0.2) is 0 Å². The molecule has 2 aromatic rings. The lowest BCUT2D eigenvalue weighted by molar-refractivity contribution is -0.858. The van der Waals surface area contributed by atoms with Crippen LogP contribution in [0.25, 0.3) is 5.76 Å². The van der Waals surface area contributed by atoms with Gasteiger partial charge in [-0.3, -0.25) is 9.59 Å². The van der Waals surface area contributed by atoms with E-state index in [-0.39, 0.29) is 5.57 Å². The Kier molecular flexibility index (Phi) is 7.92. The van der Waals surface area contributed by atoms with Crippen molar-refractivity contribution in [2.45, 2.75) is 33.2 Å². The van der Waals surface area contributed by atoms with Gasteiger partial charge in [-0.05, 0) is 41.7 Å². The summed E-state index contributed by atoms with van der Waals surface area (Å²) in [5.41, 5.74) is 1.94. The normalized spacial score (nSPS) is 17.9. The van der Waals surface area contributed by atoms with Crippen molar-refractivity contribution in [1.82, 2.24) is 4.90 Å². The van der Waals surface area contributed by atoms with Crippen molar-refractivity contribution in [2.75, 3.05) is 33.8 Å². The van der Waals surface area contributed by atoms with Crippen molar-refractivity contribution >= 4 is 17.4 Å². The van der Waals surface area contributed by atoms with Crippen LogP contribution in [0.1, 0.15) is 43.0 Å². The fraction of sp³-hybridized carbons (Fsp3) is 0.407. The standard InChI is InChI=1S/C27H34N2O4/c1-18(2)17-33-21-12-13-22(19(3)16-21)25(30)23-24(20-10-7-6-8-11-20)29(27(32)26(23)31)15-9-14-28(4)5/h6-8,10-13,16,18,24,30H,9,14-15,17H2,1-5H3. The lowest BCUT2D eigenvalue weighted by Gasteiger charge is -2.28. The maximum absolute atomic E-state index is 13.6. The minimum Gasteiger partial charge on any atom is -0.872 e. The minimum absolute atomic E-state index is 0.0300. The molecule has 1 amide bonds. The highest BCUT2D eigenvalue weighted by atomic mass is 16.5. The summed E-state index contributed by atoms with van der Waals surface area (Å²) in [5, 5.41) is 13.6. The second kappa shape index (κ2) is 10.7. The summed E-state index contributed by atoms with van der Waals surface area (Å²) in [6.07, 6.45) is 0.743. The summed E-state index contributed by atoms with van der Waals surface area (Å²) in [5.74, 6) is -0.628. The molecule has 1 aliphatic heterocycles. The molecule has 1 unspecified atom stereocenters. The first kappa shape index (κ1) is 24.5. The summed E-state index contributed by atoms with van der Waals surface area (Å²) in [4.78, 5) is 28.9. The molecule has 0 radical (unpaired) electrons. The van der Waals surface area contributed by atoms with Crippen molar-refractivity contribution in [3.05, 3.63) is 70.8 Å². The monoisotopic (exact) mass is 450 g/mol. The van der Waals surface area contributed by atoms with Gasteiger partial charge in [-0.25, -0.2) is 0 Å². The number of benzene rings is 2. The zero-order chi connectivity index (χ0) is 24.1. The van der Waals surface area contributed by atoms with Crippen molar-refractivity contribution in [3.8, 4) is 5.75 Å². The molecular formula is C27H34N2O4. The second-order valence-corrected chi connectivity index (χ2v) is 9.38. The molecule has 1 saturated heterocycles. The highest BCUT2D eigenvalue weighted by Crippen LogP contribution is 2.39. The van der Waals surface area contributed by atoms with Crippen LogP contribution >= 0.6 is 0 Å². The first-order valence-corrected chi connectivity index (χ1v) is 11.5. The lowest BCUT2D eigenvalue weighted by atomic mass is 9.94. The molecule has 1 fully saturated rings. The smallest absolute Gasteiger partial charge is 0.295 e. The SMILES string of the molecule is Cc1cc(OCC(C)C)ccc1C([O-])=C1C(=O)C(=O)N(CCC[NH+](C)C)C1c1ccccc1. The van der Waals surface area contributed by atoms with E-state index in [9.17, 15) is 14.7 Å². The molecule has 176 valence electrons. The Balaban J connectivity index is 2.02. The van der Waals surface area contributed by atoms with Crippen LogP contribution in [-0.2, 0) is 9.59 Å². The van der Waals surface area contributed by atoms with E-state index in [4.69, 9.17) is 4.74 Å². The van der Waals surface area contributed by atoms with Gasteiger partial charge < -0.3 is 19.6 Å². The van der Waals surface area contributed by atoms with Crippen LogP contribution in [0.5, 0.6) is 5.75 Å². The molecule has 0 spiro atoms. The van der Waals surface area contributed by atoms with Gasteiger partial charge in [-0.1, -0.05) is 56.0 Å². The minimum atomic E-state index is -0.703. The van der Waals surface area contributed by atoms with E-state index in [1.807, 2.05) is 57.4 Å². The van der Waals surface area contributed by atoms with E-state index in [2.05, 4.69) is 13.8 Å².